The topological polar surface area (TPSA) is 91.1 Å². The van der Waals surface area contributed by atoms with Gasteiger partial charge in [0, 0.05) is 30.5 Å². The summed E-state index contributed by atoms with van der Waals surface area (Å²) in [6.45, 7) is 39.4. The van der Waals surface area contributed by atoms with E-state index in [1.807, 2.05) is 55.5 Å². The summed E-state index contributed by atoms with van der Waals surface area (Å²) in [6.07, 6.45) is 10.9. The number of para-hydroxylation sites is 1. The molecule has 9 heteroatoms. The zero-order chi connectivity index (χ0) is 41.1. The molecule has 0 radical (unpaired) electrons. The Hall–Kier alpha value is -2.73. The minimum atomic E-state index is -2.23. The summed E-state index contributed by atoms with van der Waals surface area (Å²) in [6, 6.07) is 9.68. The van der Waals surface area contributed by atoms with Crippen LogP contribution in [0.4, 0.5) is 10.5 Å². The van der Waals surface area contributed by atoms with Gasteiger partial charge >= 0.3 is 6.09 Å². The van der Waals surface area contributed by atoms with E-state index < -0.39 is 28.8 Å². The Labute approximate surface area is 326 Å². The highest BCUT2D eigenvalue weighted by molar-refractivity contribution is 6.74. The van der Waals surface area contributed by atoms with Crippen LogP contribution in [0.25, 0.3) is 0 Å². The van der Waals surface area contributed by atoms with Crippen molar-refractivity contribution in [2.24, 2.45) is 35.3 Å². The van der Waals surface area contributed by atoms with Crippen molar-refractivity contribution >= 4 is 34.3 Å². The van der Waals surface area contributed by atoms with Crippen molar-refractivity contribution in [3.05, 3.63) is 78.9 Å². The maximum atomic E-state index is 13.2. The molecule has 2 amide bonds. The van der Waals surface area contributed by atoms with Crippen LogP contribution >= 0.6 is 0 Å². The number of allylic oxidation sites excluding steroid dienone is 3. The molecule has 0 heterocycles. The predicted molar refractivity (Wildman–Crippen MR) is 231 cm³/mol. The van der Waals surface area contributed by atoms with Gasteiger partial charge in [0.15, 0.2) is 16.6 Å². The molecule has 53 heavy (non-hydrogen) atoms. The van der Waals surface area contributed by atoms with Crippen molar-refractivity contribution < 1.29 is 23.2 Å². The molecule has 0 aromatic heterocycles. The van der Waals surface area contributed by atoms with E-state index in [1.165, 1.54) is 5.57 Å². The maximum absolute atomic E-state index is 13.2. The fourth-order valence-electron chi connectivity index (χ4n) is 6.32. The van der Waals surface area contributed by atoms with E-state index in [0.29, 0.717) is 0 Å². The molecule has 2 N–H and O–H groups in total. The zero-order valence-corrected chi connectivity index (χ0v) is 38.4. The van der Waals surface area contributed by atoms with Crippen molar-refractivity contribution in [3.63, 3.8) is 0 Å². The molecule has 0 saturated carbocycles. The van der Waals surface area contributed by atoms with Crippen molar-refractivity contribution in [3.8, 4) is 0 Å². The van der Waals surface area contributed by atoms with E-state index >= 15 is 0 Å². The second-order valence-corrected chi connectivity index (χ2v) is 27.9. The molecule has 1 aromatic carbocycles. The Balaban J connectivity index is 3.55. The molecule has 7 nitrogen and oxygen atoms in total. The largest absolute Gasteiger partial charge is 0.445 e. The van der Waals surface area contributed by atoms with Crippen LogP contribution < -0.4 is 10.6 Å². The normalized spacial score (nSPS) is 18.2. The first-order valence-corrected chi connectivity index (χ1v) is 25.3. The Morgan fingerprint density at radius 2 is 1.30 bits per heavy atom. The average molecular weight is 769 g/mol. The summed E-state index contributed by atoms with van der Waals surface area (Å²) in [5, 5.41) is 0.0186. The third kappa shape index (κ3) is 14.8. The van der Waals surface area contributed by atoms with Gasteiger partial charge in [-0.3, -0.25) is 4.79 Å². The first-order chi connectivity index (χ1) is 24.2. The number of hydrogen-bond acceptors (Lipinski definition) is 5. The van der Waals surface area contributed by atoms with E-state index in [4.69, 9.17) is 19.3 Å². The Bertz CT molecular complexity index is 1410. The predicted octanol–water partition coefficient (Wildman–Crippen LogP) is 11.7. The number of benzene rings is 1. The summed E-state index contributed by atoms with van der Waals surface area (Å²) in [7, 11) is -2.60. The van der Waals surface area contributed by atoms with Crippen LogP contribution in [0.1, 0.15) is 89.5 Å². The highest BCUT2D eigenvalue weighted by Gasteiger charge is 2.44. The number of nitrogens with two attached hydrogens (primary N) is 1. The van der Waals surface area contributed by atoms with Crippen molar-refractivity contribution in [1.29, 1.82) is 0 Å². The second kappa shape index (κ2) is 20.3. The summed E-state index contributed by atoms with van der Waals surface area (Å²) in [5.74, 6) is -0.123. The molecule has 0 bridgehead atoms. The van der Waals surface area contributed by atoms with Crippen molar-refractivity contribution in [2.45, 2.75) is 144 Å². The van der Waals surface area contributed by atoms with E-state index in [0.717, 1.165) is 12.1 Å². The van der Waals surface area contributed by atoms with Gasteiger partial charge in [0.1, 0.15) is 6.10 Å². The van der Waals surface area contributed by atoms with Crippen LogP contribution in [-0.4, -0.2) is 54.0 Å². The van der Waals surface area contributed by atoms with Gasteiger partial charge < -0.3 is 24.2 Å². The van der Waals surface area contributed by atoms with Gasteiger partial charge in [-0.15, -0.1) is 0 Å². The van der Waals surface area contributed by atoms with Gasteiger partial charge in [0.05, 0.1) is 12.2 Å². The summed E-state index contributed by atoms with van der Waals surface area (Å²) < 4.78 is 20.2. The number of ether oxygens (including phenoxy) is 1. The van der Waals surface area contributed by atoms with Gasteiger partial charge in [-0.1, -0.05) is 137 Å². The van der Waals surface area contributed by atoms with Gasteiger partial charge in [-0.05, 0) is 79.7 Å². The molecule has 0 fully saturated rings. The van der Waals surface area contributed by atoms with Crippen LogP contribution in [0.5, 0.6) is 0 Å². The number of amides is 2. The number of anilines is 1. The molecule has 1 rings (SSSR count). The van der Waals surface area contributed by atoms with Gasteiger partial charge in [-0.2, -0.15) is 0 Å². The van der Waals surface area contributed by atoms with Gasteiger partial charge in [0.25, 0.3) is 0 Å². The third-order valence-corrected chi connectivity index (χ3v) is 20.6. The molecule has 0 unspecified atom stereocenters. The van der Waals surface area contributed by atoms with Crippen LogP contribution in [0, 0.1) is 29.6 Å². The van der Waals surface area contributed by atoms with Crippen molar-refractivity contribution in [1.82, 2.24) is 0 Å². The van der Waals surface area contributed by atoms with Crippen LogP contribution in [-0.2, 0) is 18.4 Å². The standard InChI is InChI=1S/C44H76N2O5Si2/c1-19-20-24-32(3)40(49-42(45)48)36(7)41(51-53(17,18)44(11,12)13)35(6)30-31(2)29-34(5)39(50-52(15,16)43(8,9)10)33(4)27-28-38(47)46(14)37-25-22-21-23-26-37/h19-29,32-36,39-41H,1,30H2,2-18H3,(H2,45,48)/b24-20-,28-27-,31-29-/t32-,33-,34-,35-,36+,39-,40-,41+/m0/s1. The zero-order valence-electron chi connectivity index (χ0n) is 36.4. The lowest BCUT2D eigenvalue weighted by molar-refractivity contribution is -0.113. The minimum absolute atomic E-state index is 0.00621. The van der Waals surface area contributed by atoms with Crippen molar-refractivity contribution in [2.75, 3.05) is 11.9 Å². The Morgan fingerprint density at radius 3 is 1.77 bits per heavy atom. The quantitative estimate of drug-likeness (QED) is 0.0655. The number of likely N-dealkylation sites (N-methyl/N-ethyl adjacent to an activating group) is 1. The third-order valence-electron chi connectivity index (χ3n) is 11.6. The lowest BCUT2D eigenvalue weighted by atomic mass is 9.81. The number of primary amides is 1. The van der Waals surface area contributed by atoms with Crippen LogP contribution in [0.15, 0.2) is 78.9 Å². The average Bonchev–Trinajstić information content (AvgIpc) is 3.04. The fourth-order valence-corrected chi connectivity index (χ4v) is 9.26. The lowest BCUT2D eigenvalue weighted by Crippen LogP contribution is -2.50. The highest BCUT2D eigenvalue weighted by atomic mass is 28.4. The van der Waals surface area contributed by atoms with Crippen LogP contribution in [0.3, 0.4) is 0 Å². The lowest BCUT2D eigenvalue weighted by Gasteiger charge is -2.45. The Kier molecular flexibility index (Phi) is 18.5. The molecular formula is C44H76N2O5Si2. The van der Waals surface area contributed by atoms with E-state index in [1.54, 1.807) is 24.1 Å². The maximum Gasteiger partial charge on any atom is 0.404 e. The molecule has 0 saturated heterocycles. The molecule has 0 aliphatic rings. The molecule has 8 atom stereocenters. The second-order valence-electron chi connectivity index (χ2n) is 18.4. The smallest absolute Gasteiger partial charge is 0.404 e. The first-order valence-electron chi connectivity index (χ1n) is 19.5. The van der Waals surface area contributed by atoms with Gasteiger partial charge in [-0.25, -0.2) is 4.79 Å². The molecular weight excluding hydrogens is 693 g/mol. The molecule has 0 aliphatic heterocycles. The molecule has 0 spiro atoms. The molecule has 0 aliphatic carbocycles. The van der Waals surface area contributed by atoms with Gasteiger partial charge in [0.2, 0.25) is 5.91 Å². The number of nitrogens with zero attached hydrogens (tertiary/aromatic N) is 1. The number of rotatable bonds is 19. The molecule has 300 valence electrons. The first kappa shape index (κ1) is 48.3. The molecule has 1 aromatic rings. The Morgan fingerprint density at radius 1 is 0.811 bits per heavy atom. The summed E-state index contributed by atoms with van der Waals surface area (Å²) >= 11 is 0. The number of hydrogen-bond donors (Lipinski definition) is 1. The monoisotopic (exact) mass is 769 g/mol. The SMILES string of the molecule is C=C/C=C\[C@H](C)[C@H](OC(N)=O)[C@@H](C)[C@H](O[Si](C)(C)C(C)(C)C)[C@@H](C)C/C(C)=C\[C@H](C)[C@@H](O[Si](C)(C)C(C)(C)C)[C@@H](C)/C=C\C(=O)N(C)c1ccccc1. The fraction of sp³-hybridized carbons (Fsp3) is 0.636. The summed E-state index contributed by atoms with van der Waals surface area (Å²) in [5.41, 5.74) is 7.72. The number of carbonyl (C=O) groups is 2. The highest BCUT2D eigenvalue weighted by Crippen LogP contribution is 2.42. The van der Waals surface area contributed by atoms with E-state index in [9.17, 15) is 9.59 Å². The van der Waals surface area contributed by atoms with Crippen LogP contribution in [0.2, 0.25) is 36.3 Å². The van der Waals surface area contributed by atoms with E-state index in [2.05, 4.69) is 115 Å². The van der Waals surface area contributed by atoms with E-state index in [-0.39, 0.29) is 57.8 Å². The number of carbonyl (C=O) groups excluding carboxylic acids is 2. The summed E-state index contributed by atoms with van der Waals surface area (Å²) in [4.78, 5) is 27.0. The minimum Gasteiger partial charge on any atom is -0.445 e.